The van der Waals surface area contributed by atoms with E-state index in [1.807, 2.05) is 18.3 Å². The Balaban J connectivity index is 2.76. The number of H-pyrrole nitrogens is 1. The van der Waals surface area contributed by atoms with Gasteiger partial charge in [-0.1, -0.05) is 42.8 Å². The van der Waals surface area contributed by atoms with Gasteiger partial charge in [0.15, 0.2) is 4.77 Å². The molecule has 0 saturated carbocycles. The predicted molar refractivity (Wildman–Crippen MR) is 82.1 cm³/mol. The van der Waals surface area contributed by atoms with Gasteiger partial charge >= 0.3 is 0 Å². The first-order valence-electron chi connectivity index (χ1n) is 5.89. The number of halogens is 1. The summed E-state index contributed by atoms with van der Waals surface area (Å²) in [6.45, 7) is 8.67. The second kappa shape index (κ2) is 4.67. The van der Waals surface area contributed by atoms with Crippen molar-refractivity contribution in [3.05, 3.63) is 44.9 Å². The molecule has 1 aromatic heterocycles. The minimum atomic E-state index is 0.0440. The van der Waals surface area contributed by atoms with Gasteiger partial charge in [0.2, 0.25) is 0 Å². The summed E-state index contributed by atoms with van der Waals surface area (Å²) in [4.78, 5) is 3.15. The van der Waals surface area contributed by atoms with Gasteiger partial charge in [0.1, 0.15) is 0 Å². The minimum absolute atomic E-state index is 0.0440. The number of hydrogen-bond donors (Lipinski definition) is 1. The topological polar surface area (TPSA) is 20.7 Å². The van der Waals surface area contributed by atoms with Crippen LogP contribution in [0.3, 0.4) is 0 Å². The SMILES string of the molecule is Cc1c(Br)cccc1-n1c(C(C)(C)C)c[nH]c1=S. The molecule has 0 unspecified atom stereocenters. The van der Waals surface area contributed by atoms with Crippen LogP contribution in [-0.2, 0) is 5.41 Å². The van der Waals surface area contributed by atoms with Crippen LogP contribution in [0.4, 0.5) is 0 Å². The fourth-order valence-electron chi connectivity index (χ4n) is 2.00. The Hall–Kier alpha value is -0.870. The summed E-state index contributed by atoms with van der Waals surface area (Å²) in [5.41, 5.74) is 3.55. The normalized spacial score (nSPS) is 11.8. The van der Waals surface area contributed by atoms with Crippen molar-refractivity contribution in [2.45, 2.75) is 33.1 Å². The number of hydrogen-bond acceptors (Lipinski definition) is 1. The monoisotopic (exact) mass is 324 g/mol. The van der Waals surface area contributed by atoms with E-state index in [4.69, 9.17) is 12.2 Å². The molecule has 0 saturated heterocycles. The fourth-order valence-corrected chi connectivity index (χ4v) is 2.61. The molecule has 2 nitrogen and oxygen atoms in total. The van der Waals surface area contributed by atoms with Crippen LogP contribution in [0.15, 0.2) is 28.9 Å². The zero-order valence-electron chi connectivity index (χ0n) is 11.0. The molecule has 96 valence electrons. The van der Waals surface area contributed by atoms with Crippen molar-refractivity contribution in [3.63, 3.8) is 0 Å². The third-order valence-electron chi connectivity index (χ3n) is 3.02. The van der Waals surface area contributed by atoms with Gasteiger partial charge in [0, 0.05) is 21.8 Å². The number of rotatable bonds is 1. The van der Waals surface area contributed by atoms with Crippen LogP contribution in [0.25, 0.3) is 5.69 Å². The first-order chi connectivity index (χ1) is 8.32. The van der Waals surface area contributed by atoms with E-state index in [1.165, 1.54) is 11.3 Å². The lowest BCUT2D eigenvalue weighted by atomic mass is 9.92. The molecule has 2 aromatic rings. The molecule has 0 amide bonds. The van der Waals surface area contributed by atoms with E-state index >= 15 is 0 Å². The van der Waals surface area contributed by atoms with Gasteiger partial charge in [-0.15, -0.1) is 0 Å². The van der Waals surface area contributed by atoms with Gasteiger partial charge in [-0.05, 0) is 36.8 Å². The summed E-state index contributed by atoms with van der Waals surface area (Å²) < 4.78 is 3.96. The van der Waals surface area contributed by atoms with Crippen molar-refractivity contribution in [1.29, 1.82) is 0 Å². The molecule has 0 aliphatic carbocycles. The van der Waals surface area contributed by atoms with Gasteiger partial charge in [0.05, 0.1) is 5.69 Å². The van der Waals surface area contributed by atoms with E-state index in [1.54, 1.807) is 0 Å². The molecule has 0 bridgehead atoms. The van der Waals surface area contributed by atoms with Crippen LogP contribution >= 0.6 is 28.1 Å². The number of benzene rings is 1. The maximum absolute atomic E-state index is 5.42. The molecule has 1 N–H and O–H groups in total. The molecule has 1 aromatic carbocycles. The summed E-state index contributed by atoms with van der Waals surface area (Å²) in [6, 6.07) is 6.18. The summed E-state index contributed by atoms with van der Waals surface area (Å²) in [5, 5.41) is 0. The van der Waals surface area contributed by atoms with Crippen LogP contribution in [0, 0.1) is 11.7 Å². The Labute approximate surface area is 121 Å². The summed E-state index contributed by atoms with van der Waals surface area (Å²) in [5.74, 6) is 0. The van der Waals surface area contributed by atoms with E-state index < -0.39 is 0 Å². The largest absolute Gasteiger partial charge is 0.337 e. The Morgan fingerprint density at radius 3 is 2.56 bits per heavy atom. The lowest BCUT2D eigenvalue weighted by molar-refractivity contribution is 0.555. The average Bonchev–Trinajstić information content (AvgIpc) is 2.64. The highest BCUT2D eigenvalue weighted by atomic mass is 79.9. The minimum Gasteiger partial charge on any atom is -0.337 e. The van der Waals surface area contributed by atoms with Crippen molar-refractivity contribution >= 4 is 28.1 Å². The molecule has 0 fully saturated rings. The molecule has 0 spiro atoms. The zero-order chi connectivity index (χ0) is 13.5. The van der Waals surface area contributed by atoms with E-state index in [-0.39, 0.29) is 5.41 Å². The van der Waals surface area contributed by atoms with Gasteiger partial charge in [-0.25, -0.2) is 0 Å². The third-order valence-corrected chi connectivity index (χ3v) is 4.18. The quantitative estimate of drug-likeness (QED) is 0.739. The molecule has 0 aliphatic heterocycles. The standard InChI is InChI=1S/C14H17BrN2S/c1-9-10(15)6-5-7-11(9)17-12(14(2,3)4)8-16-13(17)18/h5-8H,1-4H3,(H,16,18). The van der Waals surface area contributed by atoms with Gasteiger partial charge in [-0.3, -0.25) is 4.57 Å². The van der Waals surface area contributed by atoms with Crippen molar-refractivity contribution in [2.24, 2.45) is 0 Å². The first kappa shape index (κ1) is 13.6. The predicted octanol–water partition coefficient (Wildman–Crippen LogP) is 4.90. The molecule has 0 atom stereocenters. The van der Waals surface area contributed by atoms with Crippen LogP contribution in [0.1, 0.15) is 32.0 Å². The lowest BCUT2D eigenvalue weighted by Gasteiger charge is -2.22. The molecule has 4 heteroatoms. The highest BCUT2D eigenvalue weighted by molar-refractivity contribution is 9.10. The number of aromatic nitrogens is 2. The van der Waals surface area contributed by atoms with Crippen LogP contribution in [0.2, 0.25) is 0 Å². The van der Waals surface area contributed by atoms with Crippen LogP contribution in [0.5, 0.6) is 0 Å². The van der Waals surface area contributed by atoms with E-state index in [0.717, 1.165) is 14.9 Å². The average molecular weight is 325 g/mol. The Morgan fingerprint density at radius 1 is 1.28 bits per heavy atom. The van der Waals surface area contributed by atoms with Crippen molar-refractivity contribution in [3.8, 4) is 5.69 Å². The number of nitrogens with one attached hydrogen (secondary N) is 1. The fraction of sp³-hybridized carbons (Fsp3) is 0.357. The summed E-state index contributed by atoms with van der Waals surface area (Å²) in [6.07, 6.45) is 2.00. The third kappa shape index (κ3) is 2.31. The molecule has 1 heterocycles. The second-order valence-electron chi connectivity index (χ2n) is 5.45. The Kier molecular flexibility index (Phi) is 3.52. The van der Waals surface area contributed by atoms with Crippen LogP contribution < -0.4 is 0 Å². The molecule has 0 radical (unpaired) electrons. The molecule has 0 aliphatic rings. The molecule has 18 heavy (non-hydrogen) atoms. The Bertz CT molecular complexity index is 632. The van der Waals surface area contributed by atoms with Crippen LogP contribution in [-0.4, -0.2) is 9.55 Å². The van der Waals surface area contributed by atoms with Crippen molar-refractivity contribution in [2.75, 3.05) is 0 Å². The molecular formula is C14H17BrN2S. The van der Waals surface area contributed by atoms with E-state index in [9.17, 15) is 0 Å². The number of aromatic amines is 1. The smallest absolute Gasteiger partial charge is 0.182 e. The molecular weight excluding hydrogens is 308 g/mol. The van der Waals surface area contributed by atoms with E-state index in [2.05, 4.69) is 59.2 Å². The maximum atomic E-state index is 5.42. The number of nitrogens with zero attached hydrogens (tertiary/aromatic N) is 1. The van der Waals surface area contributed by atoms with Crippen molar-refractivity contribution in [1.82, 2.24) is 9.55 Å². The highest BCUT2D eigenvalue weighted by Gasteiger charge is 2.21. The summed E-state index contributed by atoms with van der Waals surface area (Å²) in [7, 11) is 0. The molecule has 2 rings (SSSR count). The van der Waals surface area contributed by atoms with Gasteiger partial charge in [-0.2, -0.15) is 0 Å². The van der Waals surface area contributed by atoms with Gasteiger partial charge in [0.25, 0.3) is 0 Å². The maximum Gasteiger partial charge on any atom is 0.182 e. The Morgan fingerprint density at radius 2 is 1.94 bits per heavy atom. The lowest BCUT2D eigenvalue weighted by Crippen LogP contribution is -2.17. The number of imidazole rings is 1. The zero-order valence-corrected chi connectivity index (χ0v) is 13.4. The summed E-state index contributed by atoms with van der Waals surface area (Å²) >= 11 is 8.99. The second-order valence-corrected chi connectivity index (χ2v) is 6.69. The van der Waals surface area contributed by atoms with E-state index in [0.29, 0.717) is 0 Å². The van der Waals surface area contributed by atoms with Gasteiger partial charge < -0.3 is 4.98 Å². The first-order valence-corrected chi connectivity index (χ1v) is 7.09. The highest BCUT2D eigenvalue weighted by Crippen LogP contribution is 2.29. The van der Waals surface area contributed by atoms with Crippen molar-refractivity contribution < 1.29 is 0 Å².